The standard InChI is InChI=1S/C20H29N3O2S/c1-20(2,3)26(24,25)22-14-15-8-10-17(11-9-15)23-19-18-7-5-4-6-16(18)12-13-21-19/h4-7,12-13,15,17,22H,8-11,14H2,1-3H3,(H,21,23)/t15-,17-. The van der Waals surface area contributed by atoms with E-state index in [2.05, 4.69) is 27.2 Å². The van der Waals surface area contributed by atoms with E-state index in [0.29, 0.717) is 18.5 Å². The molecular formula is C20H29N3O2S. The van der Waals surface area contributed by atoms with Crippen molar-refractivity contribution in [1.29, 1.82) is 0 Å². The highest BCUT2D eigenvalue weighted by molar-refractivity contribution is 7.90. The highest BCUT2D eigenvalue weighted by Crippen LogP contribution is 2.28. The van der Waals surface area contributed by atoms with E-state index >= 15 is 0 Å². The Hall–Kier alpha value is -1.66. The van der Waals surface area contributed by atoms with Crippen molar-refractivity contribution in [3.05, 3.63) is 36.5 Å². The zero-order valence-corrected chi connectivity index (χ0v) is 16.6. The summed E-state index contributed by atoms with van der Waals surface area (Å²) >= 11 is 0. The van der Waals surface area contributed by atoms with E-state index in [9.17, 15) is 8.42 Å². The number of aromatic nitrogens is 1. The summed E-state index contributed by atoms with van der Waals surface area (Å²) in [6.45, 7) is 5.73. The van der Waals surface area contributed by atoms with E-state index in [1.165, 1.54) is 5.39 Å². The second-order valence-electron chi connectivity index (χ2n) is 8.21. The van der Waals surface area contributed by atoms with Crippen molar-refractivity contribution in [1.82, 2.24) is 9.71 Å². The minimum atomic E-state index is -3.26. The van der Waals surface area contributed by atoms with Gasteiger partial charge in [0.2, 0.25) is 10.0 Å². The minimum absolute atomic E-state index is 0.392. The van der Waals surface area contributed by atoms with Gasteiger partial charge < -0.3 is 5.32 Å². The zero-order chi connectivity index (χ0) is 18.8. The first kappa shape index (κ1) is 19.1. The summed E-state index contributed by atoms with van der Waals surface area (Å²) in [6, 6.07) is 10.7. The smallest absolute Gasteiger partial charge is 0.216 e. The largest absolute Gasteiger partial charge is 0.367 e. The number of pyridine rings is 1. The van der Waals surface area contributed by atoms with Crippen LogP contribution in [0.15, 0.2) is 36.5 Å². The zero-order valence-electron chi connectivity index (χ0n) is 15.8. The van der Waals surface area contributed by atoms with Crippen LogP contribution in [0, 0.1) is 5.92 Å². The predicted molar refractivity (Wildman–Crippen MR) is 108 cm³/mol. The molecule has 142 valence electrons. The van der Waals surface area contributed by atoms with E-state index in [4.69, 9.17) is 0 Å². The molecule has 0 amide bonds. The van der Waals surface area contributed by atoms with Gasteiger partial charge in [0, 0.05) is 24.2 Å². The van der Waals surface area contributed by atoms with Crippen molar-refractivity contribution in [3.63, 3.8) is 0 Å². The Labute approximate surface area is 156 Å². The van der Waals surface area contributed by atoms with Gasteiger partial charge in [-0.3, -0.25) is 0 Å². The summed E-state index contributed by atoms with van der Waals surface area (Å²) in [7, 11) is -3.26. The molecule has 0 unspecified atom stereocenters. The molecule has 1 aromatic carbocycles. The average Bonchev–Trinajstić information content (AvgIpc) is 2.60. The maximum Gasteiger partial charge on any atom is 0.216 e. The second-order valence-corrected chi connectivity index (χ2v) is 10.7. The van der Waals surface area contributed by atoms with E-state index in [-0.39, 0.29) is 0 Å². The van der Waals surface area contributed by atoms with Gasteiger partial charge in [0.25, 0.3) is 0 Å². The molecule has 26 heavy (non-hydrogen) atoms. The molecule has 0 saturated heterocycles. The first-order valence-electron chi connectivity index (χ1n) is 9.36. The van der Waals surface area contributed by atoms with Gasteiger partial charge in [-0.1, -0.05) is 24.3 Å². The molecule has 3 rings (SSSR count). The first-order valence-corrected chi connectivity index (χ1v) is 10.8. The monoisotopic (exact) mass is 375 g/mol. The van der Waals surface area contributed by atoms with Gasteiger partial charge in [0.15, 0.2) is 0 Å². The number of nitrogens with zero attached hydrogens (tertiary/aromatic N) is 1. The van der Waals surface area contributed by atoms with Gasteiger partial charge in [-0.15, -0.1) is 0 Å². The molecule has 1 saturated carbocycles. The van der Waals surface area contributed by atoms with Crippen molar-refractivity contribution >= 4 is 26.6 Å². The summed E-state index contributed by atoms with van der Waals surface area (Å²) in [4.78, 5) is 4.51. The fourth-order valence-corrected chi connectivity index (χ4v) is 4.27. The predicted octanol–water partition coefficient (Wildman–Crippen LogP) is 3.92. The summed E-state index contributed by atoms with van der Waals surface area (Å²) in [5.41, 5.74) is 0. The maximum atomic E-state index is 12.2. The lowest BCUT2D eigenvalue weighted by molar-refractivity contribution is 0.336. The summed E-state index contributed by atoms with van der Waals surface area (Å²) in [6.07, 6.45) is 5.96. The van der Waals surface area contributed by atoms with E-state index in [1.807, 2.05) is 24.4 Å². The van der Waals surface area contributed by atoms with Crippen LogP contribution in [0.2, 0.25) is 0 Å². The highest BCUT2D eigenvalue weighted by Gasteiger charge is 2.30. The Morgan fingerprint density at radius 2 is 1.77 bits per heavy atom. The molecule has 0 radical (unpaired) electrons. The quantitative estimate of drug-likeness (QED) is 0.831. The van der Waals surface area contributed by atoms with Crippen molar-refractivity contribution in [3.8, 4) is 0 Å². The molecule has 0 atom stereocenters. The average molecular weight is 376 g/mol. The number of hydrogen-bond acceptors (Lipinski definition) is 4. The van der Waals surface area contributed by atoms with Gasteiger partial charge in [0.05, 0.1) is 4.75 Å². The molecular weight excluding hydrogens is 346 g/mol. The van der Waals surface area contributed by atoms with Gasteiger partial charge in [-0.2, -0.15) is 0 Å². The van der Waals surface area contributed by atoms with Crippen LogP contribution in [0.4, 0.5) is 5.82 Å². The lowest BCUT2D eigenvalue weighted by Crippen LogP contribution is -2.42. The van der Waals surface area contributed by atoms with Gasteiger partial charge in [-0.25, -0.2) is 18.1 Å². The van der Waals surface area contributed by atoms with Crippen LogP contribution in [-0.4, -0.2) is 30.7 Å². The van der Waals surface area contributed by atoms with Crippen LogP contribution < -0.4 is 10.0 Å². The lowest BCUT2D eigenvalue weighted by Gasteiger charge is -2.30. The fourth-order valence-electron chi connectivity index (χ4n) is 3.38. The van der Waals surface area contributed by atoms with E-state index in [1.54, 1.807) is 20.8 Å². The fraction of sp³-hybridized carbons (Fsp3) is 0.550. The van der Waals surface area contributed by atoms with Gasteiger partial charge in [-0.05, 0) is 63.8 Å². The number of hydrogen-bond donors (Lipinski definition) is 2. The Morgan fingerprint density at radius 1 is 1.08 bits per heavy atom. The molecule has 1 aliphatic carbocycles. The molecule has 6 heteroatoms. The van der Waals surface area contributed by atoms with Crippen LogP contribution in [0.5, 0.6) is 0 Å². The number of fused-ring (bicyclic) bond motifs is 1. The van der Waals surface area contributed by atoms with Crippen LogP contribution >= 0.6 is 0 Å². The maximum absolute atomic E-state index is 12.2. The molecule has 5 nitrogen and oxygen atoms in total. The third kappa shape index (κ3) is 4.35. The van der Waals surface area contributed by atoms with Crippen LogP contribution in [0.3, 0.4) is 0 Å². The van der Waals surface area contributed by atoms with Crippen LogP contribution in [-0.2, 0) is 10.0 Å². The molecule has 1 aromatic heterocycles. The van der Waals surface area contributed by atoms with Gasteiger partial charge >= 0.3 is 0 Å². The molecule has 1 heterocycles. The van der Waals surface area contributed by atoms with Gasteiger partial charge in [0.1, 0.15) is 5.82 Å². The molecule has 1 fully saturated rings. The molecule has 2 N–H and O–H groups in total. The molecule has 1 aliphatic rings. The topological polar surface area (TPSA) is 71.1 Å². The molecule has 0 aliphatic heterocycles. The summed E-state index contributed by atoms with van der Waals surface area (Å²) in [5.74, 6) is 1.35. The number of rotatable bonds is 5. The third-order valence-electron chi connectivity index (χ3n) is 5.23. The van der Waals surface area contributed by atoms with Crippen LogP contribution in [0.1, 0.15) is 46.5 Å². The molecule has 2 aromatic rings. The Bertz CT molecular complexity index is 845. The Morgan fingerprint density at radius 3 is 2.46 bits per heavy atom. The number of sulfonamides is 1. The normalized spacial score (nSPS) is 21.7. The second kappa shape index (κ2) is 7.53. The van der Waals surface area contributed by atoms with Crippen molar-refractivity contribution in [2.45, 2.75) is 57.2 Å². The Balaban J connectivity index is 1.54. The molecule has 0 bridgehead atoms. The minimum Gasteiger partial charge on any atom is -0.367 e. The molecule has 0 spiro atoms. The number of anilines is 1. The van der Waals surface area contributed by atoms with E-state index in [0.717, 1.165) is 36.9 Å². The third-order valence-corrected chi connectivity index (χ3v) is 7.39. The SMILES string of the molecule is CC(C)(C)S(=O)(=O)NC[C@H]1CC[C@H](Nc2nccc3ccccc23)CC1. The summed E-state index contributed by atoms with van der Waals surface area (Å²) < 4.78 is 26.4. The van der Waals surface area contributed by atoms with Crippen molar-refractivity contribution < 1.29 is 8.42 Å². The summed E-state index contributed by atoms with van der Waals surface area (Å²) in [5, 5.41) is 5.93. The lowest BCUT2D eigenvalue weighted by atomic mass is 9.86. The number of benzene rings is 1. The van der Waals surface area contributed by atoms with Crippen LogP contribution in [0.25, 0.3) is 10.8 Å². The highest BCUT2D eigenvalue weighted by atomic mass is 32.2. The number of nitrogens with one attached hydrogen (secondary N) is 2. The van der Waals surface area contributed by atoms with Crippen molar-refractivity contribution in [2.75, 3.05) is 11.9 Å². The van der Waals surface area contributed by atoms with Crippen molar-refractivity contribution in [2.24, 2.45) is 5.92 Å². The Kier molecular flexibility index (Phi) is 5.53. The van der Waals surface area contributed by atoms with E-state index < -0.39 is 14.8 Å². The first-order chi connectivity index (χ1) is 12.3.